The molecule has 0 radical (unpaired) electrons. The normalized spacial score (nSPS) is 16.2. The highest BCUT2D eigenvalue weighted by Crippen LogP contribution is 2.25. The highest BCUT2D eigenvalue weighted by Gasteiger charge is 2.32. The van der Waals surface area contributed by atoms with Gasteiger partial charge in [-0.2, -0.15) is 5.10 Å². The fourth-order valence-electron chi connectivity index (χ4n) is 3.67. The summed E-state index contributed by atoms with van der Waals surface area (Å²) in [6, 6.07) is 6.78. The van der Waals surface area contributed by atoms with E-state index in [9.17, 15) is 9.59 Å². The molecule has 0 N–H and O–H groups in total. The highest BCUT2D eigenvalue weighted by molar-refractivity contribution is 5.96. The zero-order valence-corrected chi connectivity index (χ0v) is 16.4. The summed E-state index contributed by atoms with van der Waals surface area (Å²) in [6.45, 7) is 0.965. The Balaban J connectivity index is 1.59. The molecule has 0 aliphatic carbocycles. The van der Waals surface area contributed by atoms with Crippen molar-refractivity contribution in [3.8, 4) is 17.1 Å². The van der Waals surface area contributed by atoms with Gasteiger partial charge < -0.3 is 9.64 Å². The van der Waals surface area contributed by atoms with Crippen molar-refractivity contribution in [1.82, 2.24) is 29.4 Å². The van der Waals surface area contributed by atoms with E-state index in [2.05, 4.69) is 15.2 Å². The van der Waals surface area contributed by atoms with Crippen LogP contribution in [0, 0.1) is 0 Å². The van der Waals surface area contributed by atoms with Crippen molar-refractivity contribution in [1.29, 1.82) is 0 Å². The second-order valence-electron chi connectivity index (χ2n) is 7.00. The molecule has 0 bridgehead atoms. The molecule has 1 amide bonds. The van der Waals surface area contributed by atoms with Gasteiger partial charge in [-0.05, 0) is 31.0 Å². The maximum absolute atomic E-state index is 13.1. The van der Waals surface area contributed by atoms with Crippen molar-refractivity contribution < 1.29 is 9.53 Å². The lowest BCUT2D eigenvalue weighted by molar-refractivity contribution is 0.0717. The number of nitrogens with zero attached hydrogens (tertiary/aromatic N) is 6. The van der Waals surface area contributed by atoms with Gasteiger partial charge in [-0.1, -0.05) is 0 Å². The van der Waals surface area contributed by atoms with E-state index in [1.54, 1.807) is 41.3 Å². The van der Waals surface area contributed by atoms with Gasteiger partial charge in [0.1, 0.15) is 5.56 Å². The summed E-state index contributed by atoms with van der Waals surface area (Å²) in [5, 5.41) is 8.67. The molecule has 0 aromatic carbocycles. The Bertz CT molecular complexity index is 1080. The molecule has 1 atom stereocenters. The molecule has 0 saturated carbocycles. The number of methoxy groups -OCH3 is 1. The summed E-state index contributed by atoms with van der Waals surface area (Å²) in [6.07, 6.45) is 6.71. The van der Waals surface area contributed by atoms with Gasteiger partial charge in [-0.15, -0.1) is 5.10 Å². The summed E-state index contributed by atoms with van der Waals surface area (Å²) >= 11 is 0. The Morgan fingerprint density at radius 3 is 2.76 bits per heavy atom. The van der Waals surface area contributed by atoms with Crippen LogP contribution in [0.5, 0.6) is 5.88 Å². The predicted octanol–water partition coefficient (Wildman–Crippen LogP) is 1.35. The number of aromatic nitrogens is 5. The van der Waals surface area contributed by atoms with Gasteiger partial charge in [0.05, 0.1) is 25.4 Å². The van der Waals surface area contributed by atoms with E-state index in [1.165, 1.54) is 17.9 Å². The molecular formula is C20H22N6O3. The number of aryl methyl sites for hydroxylation is 1. The van der Waals surface area contributed by atoms with E-state index in [-0.39, 0.29) is 17.5 Å². The molecule has 1 unspecified atom stereocenters. The molecule has 9 heteroatoms. The highest BCUT2D eigenvalue weighted by atomic mass is 16.5. The third-order valence-corrected chi connectivity index (χ3v) is 5.08. The van der Waals surface area contributed by atoms with Gasteiger partial charge in [0.15, 0.2) is 0 Å². The minimum Gasteiger partial charge on any atom is -0.479 e. The Labute approximate surface area is 167 Å². The molecule has 0 spiro atoms. The standard InChI is InChI=1S/C20H22N6O3/c1-24-13-16(19(23-24)29-2)20(28)25-11-3-4-15(25)12-26-18(27)6-5-17(22-26)14-7-9-21-10-8-14/h5-10,13,15H,3-4,11-12H2,1-2H3. The van der Waals surface area contributed by atoms with Gasteiger partial charge >= 0.3 is 0 Å². The van der Waals surface area contributed by atoms with Crippen molar-refractivity contribution in [3.05, 3.63) is 58.8 Å². The van der Waals surface area contributed by atoms with Crippen LogP contribution < -0.4 is 10.3 Å². The average molecular weight is 394 g/mol. The summed E-state index contributed by atoms with van der Waals surface area (Å²) in [4.78, 5) is 31.3. The molecule has 29 heavy (non-hydrogen) atoms. The first-order chi connectivity index (χ1) is 14.1. The van der Waals surface area contributed by atoms with Crippen LogP contribution in [0.25, 0.3) is 11.3 Å². The number of ether oxygens (including phenoxy) is 1. The van der Waals surface area contributed by atoms with E-state index in [1.807, 2.05) is 12.1 Å². The third kappa shape index (κ3) is 3.75. The van der Waals surface area contributed by atoms with Gasteiger partial charge in [0.2, 0.25) is 5.88 Å². The molecule has 4 rings (SSSR count). The van der Waals surface area contributed by atoms with Crippen molar-refractivity contribution in [2.24, 2.45) is 7.05 Å². The minimum absolute atomic E-state index is 0.120. The molecule has 3 aromatic heterocycles. The van der Waals surface area contributed by atoms with E-state index in [0.29, 0.717) is 30.2 Å². The van der Waals surface area contributed by atoms with E-state index in [0.717, 1.165) is 18.4 Å². The first-order valence-corrected chi connectivity index (χ1v) is 9.44. The number of rotatable bonds is 5. The quantitative estimate of drug-likeness (QED) is 0.648. The summed E-state index contributed by atoms with van der Waals surface area (Å²) in [5.74, 6) is 0.161. The van der Waals surface area contributed by atoms with Crippen molar-refractivity contribution >= 4 is 5.91 Å². The number of amides is 1. The van der Waals surface area contributed by atoms with Gasteiger partial charge in [-0.3, -0.25) is 19.3 Å². The molecule has 1 aliphatic heterocycles. The second-order valence-corrected chi connectivity index (χ2v) is 7.00. The molecule has 1 aliphatic rings. The van der Waals surface area contributed by atoms with Crippen LogP contribution in [0.3, 0.4) is 0 Å². The number of likely N-dealkylation sites (tertiary alicyclic amines) is 1. The maximum atomic E-state index is 13.1. The topological polar surface area (TPSA) is 95.1 Å². The van der Waals surface area contributed by atoms with E-state index in [4.69, 9.17) is 4.74 Å². The smallest absolute Gasteiger partial charge is 0.266 e. The summed E-state index contributed by atoms with van der Waals surface area (Å²) in [5.41, 5.74) is 1.80. The number of hydrogen-bond donors (Lipinski definition) is 0. The average Bonchev–Trinajstić information content (AvgIpc) is 3.36. The molecular weight excluding hydrogens is 372 g/mol. The SMILES string of the molecule is COc1nn(C)cc1C(=O)N1CCCC1Cn1nc(-c2ccncc2)ccc1=O. The first-order valence-electron chi connectivity index (χ1n) is 9.44. The Morgan fingerprint density at radius 2 is 2.00 bits per heavy atom. The fourth-order valence-corrected chi connectivity index (χ4v) is 3.67. The molecule has 1 saturated heterocycles. The summed E-state index contributed by atoms with van der Waals surface area (Å²) in [7, 11) is 3.24. The number of hydrogen-bond acceptors (Lipinski definition) is 6. The van der Waals surface area contributed by atoms with Crippen molar-refractivity contribution in [2.75, 3.05) is 13.7 Å². The molecule has 3 aromatic rings. The number of pyridine rings is 1. The van der Waals surface area contributed by atoms with Gasteiger partial charge in [-0.25, -0.2) is 4.68 Å². The number of carbonyl (C=O) groups is 1. The Hall–Kier alpha value is -3.49. The molecule has 9 nitrogen and oxygen atoms in total. The third-order valence-electron chi connectivity index (χ3n) is 5.08. The number of carbonyl (C=O) groups excluding carboxylic acids is 1. The van der Waals surface area contributed by atoms with Crippen molar-refractivity contribution in [3.63, 3.8) is 0 Å². The van der Waals surface area contributed by atoms with Crippen LogP contribution in [0.15, 0.2) is 47.7 Å². The first kappa shape index (κ1) is 18.9. The zero-order chi connectivity index (χ0) is 20.4. The molecule has 150 valence electrons. The van der Waals surface area contributed by atoms with Gasteiger partial charge in [0, 0.05) is 43.8 Å². The molecule has 1 fully saturated rings. The van der Waals surface area contributed by atoms with Gasteiger partial charge in [0.25, 0.3) is 11.5 Å². The van der Waals surface area contributed by atoms with Crippen LogP contribution in [-0.4, -0.2) is 55.0 Å². The Morgan fingerprint density at radius 1 is 1.21 bits per heavy atom. The Kier molecular flexibility index (Phi) is 5.11. The zero-order valence-electron chi connectivity index (χ0n) is 16.4. The second kappa shape index (κ2) is 7.86. The van der Waals surface area contributed by atoms with Crippen LogP contribution in [-0.2, 0) is 13.6 Å². The lowest BCUT2D eigenvalue weighted by Crippen LogP contribution is -2.40. The molecule has 4 heterocycles. The largest absolute Gasteiger partial charge is 0.479 e. The lowest BCUT2D eigenvalue weighted by atomic mass is 10.2. The fraction of sp³-hybridized carbons (Fsp3) is 0.350. The monoisotopic (exact) mass is 394 g/mol. The lowest BCUT2D eigenvalue weighted by Gasteiger charge is -2.24. The van der Waals surface area contributed by atoms with E-state index >= 15 is 0 Å². The minimum atomic E-state index is -0.193. The summed E-state index contributed by atoms with van der Waals surface area (Å²) < 4.78 is 8.23. The van der Waals surface area contributed by atoms with E-state index < -0.39 is 0 Å². The van der Waals surface area contributed by atoms with Crippen LogP contribution in [0.4, 0.5) is 0 Å². The predicted molar refractivity (Wildman–Crippen MR) is 106 cm³/mol. The van der Waals surface area contributed by atoms with Crippen LogP contribution in [0.2, 0.25) is 0 Å². The maximum Gasteiger partial charge on any atom is 0.266 e. The van der Waals surface area contributed by atoms with Crippen LogP contribution >= 0.6 is 0 Å². The van der Waals surface area contributed by atoms with Crippen LogP contribution in [0.1, 0.15) is 23.2 Å². The van der Waals surface area contributed by atoms with Crippen molar-refractivity contribution in [2.45, 2.75) is 25.4 Å².